The van der Waals surface area contributed by atoms with Crippen LogP contribution in [0.15, 0.2) is 48.5 Å². The summed E-state index contributed by atoms with van der Waals surface area (Å²) in [5.74, 6) is -0.637. The molecule has 0 N–H and O–H groups in total. The fourth-order valence-corrected chi connectivity index (χ4v) is 3.43. The fraction of sp³-hybridized carbons (Fsp3) is 0.348. The van der Waals surface area contributed by atoms with Gasteiger partial charge in [-0.3, -0.25) is 9.59 Å². The maximum absolute atomic E-state index is 12.8. The lowest BCUT2D eigenvalue weighted by Crippen LogP contribution is -2.41. The van der Waals surface area contributed by atoms with Crippen molar-refractivity contribution in [1.29, 1.82) is 0 Å². The van der Waals surface area contributed by atoms with Crippen molar-refractivity contribution in [2.75, 3.05) is 19.7 Å². The number of ether oxygens (including phenoxy) is 1. The van der Waals surface area contributed by atoms with Crippen LogP contribution in [0.4, 0.5) is 0 Å². The Labute approximate surface area is 165 Å². The Hall–Kier alpha value is -2.95. The molecule has 1 aliphatic rings. The maximum Gasteiger partial charge on any atom is 0.339 e. The summed E-state index contributed by atoms with van der Waals surface area (Å²) >= 11 is 0. The molecule has 28 heavy (non-hydrogen) atoms. The molecule has 1 saturated heterocycles. The van der Waals surface area contributed by atoms with Crippen LogP contribution < -0.4 is 0 Å². The fourth-order valence-electron chi connectivity index (χ4n) is 3.43. The molecule has 5 heteroatoms. The number of piperidine rings is 1. The number of aryl methyl sites for hydroxylation is 1. The Balaban J connectivity index is 1.69. The summed E-state index contributed by atoms with van der Waals surface area (Å²) in [4.78, 5) is 39.5. The molecule has 1 heterocycles. The first-order chi connectivity index (χ1) is 13.5. The summed E-state index contributed by atoms with van der Waals surface area (Å²) in [5, 5.41) is 0. The first kappa shape index (κ1) is 19.8. The number of nitrogens with zero attached hydrogens (tertiary/aromatic N) is 1. The monoisotopic (exact) mass is 379 g/mol. The molecule has 146 valence electrons. The van der Waals surface area contributed by atoms with Crippen molar-refractivity contribution < 1.29 is 19.1 Å². The van der Waals surface area contributed by atoms with Crippen molar-refractivity contribution in [1.82, 2.24) is 4.90 Å². The van der Waals surface area contributed by atoms with E-state index in [9.17, 15) is 14.4 Å². The largest absolute Gasteiger partial charge is 0.452 e. The molecule has 3 rings (SSSR count). The summed E-state index contributed by atoms with van der Waals surface area (Å²) in [6, 6.07) is 13.7. The topological polar surface area (TPSA) is 63.7 Å². The lowest BCUT2D eigenvalue weighted by Gasteiger charge is -2.30. The first-order valence-electron chi connectivity index (χ1n) is 9.61. The van der Waals surface area contributed by atoms with Crippen molar-refractivity contribution in [3.8, 4) is 0 Å². The Morgan fingerprint density at radius 2 is 1.71 bits per heavy atom. The van der Waals surface area contributed by atoms with Crippen LogP contribution in [0, 0.1) is 12.8 Å². The number of hydrogen-bond donors (Lipinski definition) is 0. The highest BCUT2D eigenvalue weighted by molar-refractivity contribution is 6.14. The molecule has 0 aliphatic carbocycles. The molecule has 0 aromatic heterocycles. The minimum Gasteiger partial charge on any atom is -0.452 e. The number of likely N-dealkylation sites (tertiary alicyclic amines) is 1. The van der Waals surface area contributed by atoms with E-state index >= 15 is 0 Å². The number of ketones is 1. The average Bonchev–Trinajstić information content (AvgIpc) is 2.71. The van der Waals surface area contributed by atoms with E-state index in [2.05, 4.69) is 6.92 Å². The van der Waals surface area contributed by atoms with Crippen LogP contribution in [-0.2, 0) is 9.53 Å². The summed E-state index contributed by atoms with van der Waals surface area (Å²) in [6.45, 7) is 5.14. The molecule has 0 bridgehead atoms. The zero-order valence-electron chi connectivity index (χ0n) is 16.3. The van der Waals surface area contributed by atoms with Gasteiger partial charge in [-0.2, -0.15) is 0 Å². The molecule has 5 nitrogen and oxygen atoms in total. The third-order valence-electron chi connectivity index (χ3n) is 5.04. The Morgan fingerprint density at radius 1 is 1.04 bits per heavy atom. The van der Waals surface area contributed by atoms with E-state index in [1.54, 1.807) is 41.3 Å². The van der Waals surface area contributed by atoms with Gasteiger partial charge in [-0.25, -0.2) is 4.79 Å². The third-order valence-corrected chi connectivity index (χ3v) is 5.04. The second-order valence-electron chi connectivity index (χ2n) is 7.40. The Kier molecular flexibility index (Phi) is 6.24. The average molecular weight is 379 g/mol. The Bertz CT molecular complexity index is 872. The minimum absolute atomic E-state index is 0.174. The quantitative estimate of drug-likeness (QED) is 0.588. The van der Waals surface area contributed by atoms with Crippen molar-refractivity contribution >= 4 is 17.7 Å². The van der Waals surface area contributed by atoms with Crippen molar-refractivity contribution in [2.45, 2.75) is 26.7 Å². The van der Waals surface area contributed by atoms with Gasteiger partial charge >= 0.3 is 5.97 Å². The number of amides is 1. The van der Waals surface area contributed by atoms with Gasteiger partial charge in [-0.05, 0) is 31.7 Å². The molecular formula is C23H25NO4. The van der Waals surface area contributed by atoms with Gasteiger partial charge in [0.25, 0.3) is 5.91 Å². The molecule has 1 aliphatic heterocycles. The van der Waals surface area contributed by atoms with Crippen LogP contribution in [0.5, 0.6) is 0 Å². The number of carbonyl (C=O) groups excluding carboxylic acids is 3. The van der Waals surface area contributed by atoms with Gasteiger partial charge < -0.3 is 9.64 Å². The molecule has 2 aromatic rings. The van der Waals surface area contributed by atoms with E-state index in [0.29, 0.717) is 24.6 Å². The molecule has 0 radical (unpaired) electrons. The van der Waals surface area contributed by atoms with Gasteiger partial charge in [-0.15, -0.1) is 0 Å². The number of hydrogen-bond acceptors (Lipinski definition) is 4. The van der Waals surface area contributed by atoms with E-state index in [1.807, 2.05) is 19.1 Å². The maximum atomic E-state index is 12.8. The summed E-state index contributed by atoms with van der Waals surface area (Å²) in [7, 11) is 0. The van der Waals surface area contributed by atoms with Crippen LogP contribution in [0.25, 0.3) is 0 Å². The molecule has 1 atom stereocenters. The van der Waals surface area contributed by atoms with E-state index in [1.165, 1.54) is 0 Å². The smallest absolute Gasteiger partial charge is 0.339 e. The Morgan fingerprint density at radius 3 is 2.39 bits per heavy atom. The summed E-state index contributed by atoms with van der Waals surface area (Å²) in [5.41, 5.74) is 2.00. The van der Waals surface area contributed by atoms with Crippen LogP contribution >= 0.6 is 0 Å². The minimum atomic E-state index is -0.658. The molecular weight excluding hydrogens is 354 g/mol. The van der Waals surface area contributed by atoms with Crippen LogP contribution in [0.3, 0.4) is 0 Å². The van der Waals surface area contributed by atoms with E-state index in [-0.39, 0.29) is 29.4 Å². The van der Waals surface area contributed by atoms with Crippen molar-refractivity contribution in [3.05, 3.63) is 70.8 Å². The van der Waals surface area contributed by atoms with Gasteiger partial charge in [0.15, 0.2) is 12.4 Å². The predicted molar refractivity (Wildman–Crippen MR) is 106 cm³/mol. The normalized spacial score (nSPS) is 16.5. The molecule has 1 fully saturated rings. The van der Waals surface area contributed by atoms with Crippen molar-refractivity contribution in [2.24, 2.45) is 5.92 Å². The second-order valence-corrected chi connectivity index (χ2v) is 7.40. The number of carbonyl (C=O) groups is 3. The molecule has 2 aromatic carbocycles. The van der Waals surface area contributed by atoms with E-state index < -0.39 is 5.97 Å². The van der Waals surface area contributed by atoms with Gasteiger partial charge in [0.05, 0.1) is 5.56 Å². The first-order valence-corrected chi connectivity index (χ1v) is 9.61. The molecule has 0 saturated carbocycles. The number of esters is 1. The van der Waals surface area contributed by atoms with Gasteiger partial charge in [0, 0.05) is 24.2 Å². The molecule has 1 amide bonds. The standard InChI is InChI=1S/C23H25NO4/c1-16-9-11-18(12-10-16)22(26)19-7-3-4-8-20(19)23(27)28-15-21(25)24-13-5-6-17(2)14-24/h3-4,7-12,17H,5-6,13-15H2,1-2H3/t17-/m0/s1. The summed E-state index contributed by atoms with van der Waals surface area (Å²) < 4.78 is 5.24. The lowest BCUT2D eigenvalue weighted by molar-refractivity contribution is -0.136. The number of benzene rings is 2. The highest BCUT2D eigenvalue weighted by atomic mass is 16.5. The van der Waals surface area contributed by atoms with E-state index in [4.69, 9.17) is 4.74 Å². The van der Waals surface area contributed by atoms with Crippen molar-refractivity contribution in [3.63, 3.8) is 0 Å². The van der Waals surface area contributed by atoms with Crippen LogP contribution in [0.1, 0.15) is 51.6 Å². The second kappa shape index (κ2) is 8.83. The molecule has 0 unspecified atom stereocenters. The highest BCUT2D eigenvalue weighted by Gasteiger charge is 2.23. The lowest BCUT2D eigenvalue weighted by atomic mass is 9.98. The predicted octanol–water partition coefficient (Wildman–Crippen LogP) is 3.64. The summed E-state index contributed by atoms with van der Waals surface area (Å²) in [6.07, 6.45) is 2.08. The SMILES string of the molecule is Cc1ccc(C(=O)c2ccccc2C(=O)OCC(=O)N2CCC[C@H](C)C2)cc1. The zero-order chi connectivity index (χ0) is 20.1. The van der Waals surface area contributed by atoms with Gasteiger partial charge in [0.2, 0.25) is 0 Å². The van der Waals surface area contributed by atoms with Crippen LogP contribution in [0.2, 0.25) is 0 Å². The van der Waals surface area contributed by atoms with Gasteiger partial charge in [0.1, 0.15) is 0 Å². The number of rotatable bonds is 5. The third kappa shape index (κ3) is 4.66. The van der Waals surface area contributed by atoms with Gasteiger partial charge in [-0.1, -0.05) is 55.0 Å². The van der Waals surface area contributed by atoms with E-state index in [0.717, 1.165) is 18.4 Å². The molecule has 0 spiro atoms. The highest BCUT2D eigenvalue weighted by Crippen LogP contribution is 2.18. The van der Waals surface area contributed by atoms with Crippen LogP contribution in [-0.4, -0.2) is 42.3 Å². The zero-order valence-corrected chi connectivity index (χ0v) is 16.3.